The van der Waals surface area contributed by atoms with Crippen molar-refractivity contribution in [2.45, 2.75) is 37.7 Å². The molecule has 0 bridgehead atoms. The Hall–Kier alpha value is -2.14. The number of likely N-dealkylation sites (tertiary alicyclic amines) is 1. The average molecular weight is 339 g/mol. The Morgan fingerprint density at radius 2 is 2.12 bits per heavy atom. The molecule has 25 heavy (non-hydrogen) atoms. The first-order chi connectivity index (χ1) is 12.0. The van der Waals surface area contributed by atoms with Gasteiger partial charge in [-0.1, -0.05) is 17.7 Å². The summed E-state index contributed by atoms with van der Waals surface area (Å²) in [5, 5.41) is 4.28. The Labute approximate surface area is 148 Å². The van der Waals surface area contributed by atoms with Crippen LogP contribution in [0.5, 0.6) is 0 Å². The van der Waals surface area contributed by atoms with Crippen molar-refractivity contribution >= 4 is 5.91 Å². The number of hydrogen-bond acceptors (Lipinski definition) is 3. The standard InChI is InChI=1S/C20H25N3O2/c1-15-4-3-5-16(10-15)19(24)23-8-6-20(7-9-23)11-17(14-25-20)18-12-21-22(2)13-18/h3-5,10,12-13,17H,6-9,11,14H2,1-2H3/t17-/m0/s1. The molecule has 3 heterocycles. The number of nitrogens with zero attached hydrogens (tertiary/aromatic N) is 3. The number of aryl methyl sites for hydroxylation is 2. The number of carbonyl (C=O) groups is 1. The number of aromatic nitrogens is 2. The topological polar surface area (TPSA) is 47.4 Å². The van der Waals surface area contributed by atoms with E-state index in [2.05, 4.69) is 11.3 Å². The summed E-state index contributed by atoms with van der Waals surface area (Å²) in [6.07, 6.45) is 6.90. The summed E-state index contributed by atoms with van der Waals surface area (Å²) in [4.78, 5) is 14.7. The van der Waals surface area contributed by atoms with E-state index < -0.39 is 0 Å². The monoisotopic (exact) mass is 339 g/mol. The van der Waals surface area contributed by atoms with E-state index in [1.807, 2.05) is 54.0 Å². The molecule has 1 atom stereocenters. The first kappa shape index (κ1) is 16.3. The minimum absolute atomic E-state index is 0.0656. The van der Waals surface area contributed by atoms with E-state index in [0.717, 1.165) is 50.1 Å². The third-order valence-corrected chi connectivity index (χ3v) is 5.63. The van der Waals surface area contributed by atoms with E-state index in [4.69, 9.17) is 4.74 Å². The van der Waals surface area contributed by atoms with Gasteiger partial charge >= 0.3 is 0 Å². The Morgan fingerprint density at radius 3 is 2.80 bits per heavy atom. The molecule has 2 saturated heterocycles. The van der Waals surface area contributed by atoms with Crippen molar-refractivity contribution in [1.82, 2.24) is 14.7 Å². The van der Waals surface area contributed by atoms with Crippen molar-refractivity contribution in [2.75, 3.05) is 19.7 Å². The summed E-state index contributed by atoms with van der Waals surface area (Å²) in [6.45, 7) is 4.32. The molecule has 0 saturated carbocycles. The molecular formula is C20H25N3O2. The molecule has 2 aliphatic rings. The fraction of sp³-hybridized carbons (Fsp3) is 0.500. The van der Waals surface area contributed by atoms with E-state index in [1.54, 1.807) is 0 Å². The average Bonchev–Trinajstić information content (AvgIpc) is 3.22. The Balaban J connectivity index is 1.39. The summed E-state index contributed by atoms with van der Waals surface area (Å²) in [7, 11) is 1.95. The van der Waals surface area contributed by atoms with Gasteiger partial charge in [-0.15, -0.1) is 0 Å². The summed E-state index contributed by atoms with van der Waals surface area (Å²) in [5.41, 5.74) is 3.11. The van der Waals surface area contributed by atoms with E-state index in [0.29, 0.717) is 5.92 Å². The number of amides is 1. The van der Waals surface area contributed by atoms with Gasteiger partial charge in [0.25, 0.3) is 5.91 Å². The van der Waals surface area contributed by atoms with Gasteiger partial charge in [0, 0.05) is 37.8 Å². The lowest BCUT2D eigenvalue weighted by Gasteiger charge is -2.38. The van der Waals surface area contributed by atoms with Crippen LogP contribution in [0.2, 0.25) is 0 Å². The van der Waals surface area contributed by atoms with Gasteiger partial charge in [-0.2, -0.15) is 5.10 Å². The number of carbonyl (C=O) groups excluding carboxylic acids is 1. The zero-order valence-corrected chi connectivity index (χ0v) is 14.9. The smallest absolute Gasteiger partial charge is 0.253 e. The van der Waals surface area contributed by atoms with Gasteiger partial charge in [0.2, 0.25) is 0 Å². The van der Waals surface area contributed by atoms with Crippen LogP contribution in [0.4, 0.5) is 0 Å². The van der Waals surface area contributed by atoms with Crippen LogP contribution in [0.15, 0.2) is 36.7 Å². The molecule has 1 aromatic carbocycles. The molecule has 0 aliphatic carbocycles. The second-order valence-corrected chi connectivity index (χ2v) is 7.50. The third-order valence-electron chi connectivity index (χ3n) is 5.63. The summed E-state index contributed by atoms with van der Waals surface area (Å²) >= 11 is 0. The van der Waals surface area contributed by atoms with Gasteiger partial charge in [-0.3, -0.25) is 9.48 Å². The van der Waals surface area contributed by atoms with Crippen LogP contribution >= 0.6 is 0 Å². The number of piperidine rings is 1. The molecule has 2 aliphatic heterocycles. The molecule has 0 N–H and O–H groups in total. The minimum atomic E-state index is -0.0656. The van der Waals surface area contributed by atoms with E-state index >= 15 is 0 Å². The van der Waals surface area contributed by atoms with Gasteiger partial charge in [0.05, 0.1) is 18.4 Å². The predicted octanol–water partition coefficient (Wildman–Crippen LogP) is 2.91. The lowest BCUT2D eigenvalue weighted by molar-refractivity contribution is -0.0388. The SMILES string of the molecule is Cc1cccc(C(=O)N2CCC3(CC2)C[C@H](c2cnn(C)c2)CO3)c1. The van der Waals surface area contributed by atoms with Gasteiger partial charge in [-0.05, 0) is 43.9 Å². The van der Waals surface area contributed by atoms with Crippen LogP contribution in [0.1, 0.15) is 46.7 Å². The maximum Gasteiger partial charge on any atom is 0.253 e. The number of hydrogen-bond donors (Lipinski definition) is 0. The molecule has 2 fully saturated rings. The molecule has 0 radical (unpaired) electrons. The van der Waals surface area contributed by atoms with Crippen molar-refractivity contribution in [3.8, 4) is 0 Å². The molecular weight excluding hydrogens is 314 g/mol. The van der Waals surface area contributed by atoms with Crippen molar-refractivity contribution in [3.63, 3.8) is 0 Å². The fourth-order valence-electron chi connectivity index (χ4n) is 4.14. The number of benzene rings is 1. The molecule has 4 rings (SSSR count). The van der Waals surface area contributed by atoms with E-state index in [-0.39, 0.29) is 11.5 Å². The highest BCUT2D eigenvalue weighted by Crippen LogP contribution is 2.42. The fourth-order valence-corrected chi connectivity index (χ4v) is 4.14. The van der Waals surface area contributed by atoms with Crippen LogP contribution in [0.3, 0.4) is 0 Å². The molecule has 2 aromatic rings. The molecule has 5 nitrogen and oxygen atoms in total. The maximum atomic E-state index is 12.7. The molecule has 1 spiro atoms. The normalized spacial score (nSPS) is 22.5. The van der Waals surface area contributed by atoms with Crippen molar-refractivity contribution in [3.05, 3.63) is 53.3 Å². The summed E-state index contributed by atoms with van der Waals surface area (Å²) < 4.78 is 8.09. The van der Waals surface area contributed by atoms with Crippen molar-refractivity contribution in [1.29, 1.82) is 0 Å². The lowest BCUT2D eigenvalue weighted by atomic mass is 9.83. The van der Waals surface area contributed by atoms with Crippen LogP contribution in [0.25, 0.3) is 0 Å². The largest absolute Gasteiger partial charge is 0.374 e. The lowest BCUT2D eigenvalue weighted by Crippen LogP contribution is -2.46. The zero-order chi connectivity index (χ0) is 17.4. The van der Waals surface area contributed by atoms with Crippen LogP contribution in [-0.4, -0.2) is 45.9 Å². The third kappa shape index (κ3) is 3.21. The number of rotatable bonds is 2. The highest BCUT2D eigenvalue weighted by Gasteiger charge is 2.44. The Kier molecular flexibility index (Phi) is 4.12. The van der Waals surface area contributed by atoms with Gasteiger partial charge in [-0.25, -0.2) is 0 Å². The Bertz CT molecular complexity index is 775. The molecule has 1 aromatic heterocycles. The first-order valence-corrected chi connectivity index (χ1v) is 9.03. The molecule has 5 heteroatoms. The zero-order valence-electron chi connectivity index (χ0n) is 14.9. The van der Waals surface area contributed by atoms with Gasteiger partial charge in [0.1, 0.15) is 0 Å². The molecule has 1 amide bonds. The second kappa shape index (κ2) is 6.30. The van der Waals surface area contributed by atoms with Gasteiger partial charge in [0.15, 0.2) is 0 Å². The van der Waals surface area contributed by atoms with Crippen LogP contribution < -0.4 is 0 Å². The highest BCUT2D eigenvalue weighted by atomic mass is 16.5. The second-order valence-electron chi connectivity index (χ2n) is 7.50. The summed E-state index contributed by atoms with van der Waals surface area (Å²) in [6, 6.07) is 7.85. The minimum Gasteiger partial charge on any atom is -0.374 e. The molecule has 0 unspecified atom stereocenters. The van der Waals surface area contributed by atoms with Crippen molar-refractivity contribution < 1.29 is 9.53 Å². The summed E-state index contributed by atoms with van der Waals surface area (Å²) in [5.74, 6) is 0.563. The molecule has 132 valence electrons. The van der Waals surface area contributed by atoms with Crippen LogP contribution in [-0.2, 0) is 11.8 Å². The predicted molar refractivity (Wildman–Crippen MR) is 95.6 cm³/mol. The Morgan fingerprint density at radius 1 is 1.32 bits per heavy atom. The van der Waals surface area contributed by atoms with E-state index in [1.165, 1.54) is 5.56 Å². The quantitative estimate of drug-likeness (QED) is 0.845. The number of ether oxygens (including phenoxy) is 1. The first-order valence-electron chi connectivity index (χ1n) is 9.03. The van der Waals surface area contributed by atoms with Gasteiger partial charge < -0.3 is 9.64 Å². The van der Waals surface area contributed by atoms with Crippen LogP contribution in [0, 0.1) is 6.92 Å². The van der Waals surface area contributed by atoms with Crippen molar-refractivity contribution in [2.24, 2.45) is 7.05 Å². The maximum absolute atomic E-state index is 12.7. The van der Waals surface area contributed by atoms with E-state index in [9.17, 15) is 4.79 Å². The highest BCUT2D eigenvalue weighted by molar-refractivity contribution is 5.94.